The van der Waals surface area contributed by atoms with E-state index in [4.69, 9.17) is 4.55 Å². The zero-order valence-electron chi connectivity index (χ0n) is 2.70. The Morgan fingerprint density at radius 2 is 1.83 bits per heavy atom. The Labute approximate surface area is 43.9 Å². The number of hydrogen-bond donors (Lipinski definition) is 1. The van der Waals surface area contributed by atoms with Gasteiger partial charge in [0.1, 0.15) is 0 Å². The molecule has 0 aliphatic heterocycles. The SMILES string of the molecule is O=S(=O)(O)[CH2][Ni]. The molecule has 0 bridgehead atoms. The van der Waals surface area contributed by atoms with Crippen LogP contribution in [0, 0.1) is 0 Å². The summed E-state index contributed by atoms with van der Waals surface area (Å²) in [6.07, 6.45) is 0. The van der Waals surface area contributed by atoms with Crippen LogP contribution in [0.4, 0.5) is 0 Å². The Bertz CT molecular complexity index is 113. The van der Waals surface area contributed by atoms with E-state index in [0.717, 1.165) is 0 Å². The van der Waals surface area contributed by atoms with Gasteiger partial charge in [-0.1, -0.05) is 0 Å². The molecule has 0 radical (unpaired) electrons. The van der Waals surface area contributed by atoms with Gasteiger partial charge < -0.3 is 0 Å². The van der Waals surface area contributed by atoms with Crippen molar-refractivity contribution < 1.29 is 28.4 Å². The van der Waals surface area contributed by atoms with Crippen molar-refractivity contribution in [3.63, 3.8) is 0 Å². The summed E-state index contributed by atoms with van der Waals surface area (Å²) in [4.78, 5) is 0. The fraction of sp³-hybridized carbons (Fsp3) is 1.00. The second-order valence-corrected chi connectivity index (χ2v) is 2.87. The molecule has 0 unspecified atom stereocenters. The number of rotatable bonds is 1. The maximum atomic E-state index is 9.46. The van der Waals surface area contributed by atoms with Gasteiger partial charge in [0.15, 0.2) is 0 Å². The summed E-state index contributed by atoms with van der Waals surface area (Å²) in [5.41, 5.74) is 0. The third-order valence-electron chi connectivity index (χ3n) is 0.115. The number of hydrogen-bond acceptors (Lipinski definition) is 2. The van der Waals surface area contributed by atoms with Crippen molar-refractivity contribution in [2.45, 2.75) is 0 Å². The fourth-order valence-electron chi connectivity index (χ4n) is 0. The van der Waals surface area contributed by atoms with Crippen molar-refractivity contribution in [1.82, 2.24) is 0 Å². The Morgan fingerprint density at radius 3 is 1.83 bits per heavy atom. The van der Waals surface area contributed by atoms with Gasteiger partial charge in [0.05, 0.1) is 0 Å². The molecular formula is CH3NiO3S. The normalized spacial score (nSPS) is 11.8. The molecule has 41 valence electrons. The van der Waals surface area contributed by atoms with Gasteiger partial charge in [-0.05, 0) is 0 Å². The zero-order valence-corrected chi connectivity index (χ0v) is 4.50. The first-order chi connectivity index (χ1) is 2.56. The second-order valence-electron chi connectivity index (χ2n) is 0.673. The van der Waals surface area contributed by atoms with Crippen LogP contribution in [0.5, 0.6) is 0 Å². The molecule has 0 fully saturated rings. The van der Waals surface area contributed by atoms with Crippen LogP contribution < -0.4 is 0 Å². The summed E-state index contributed by atoms with van der Waals surface area (Å²) in [7, 11) is -3.83. The van der Waals surface area contributed by atoms with Crippen molar-refractivity contribution in [2.75, 3.05) is 4.72 Å². The van der Waals surface area contributed by atoms with Crippen molar-refractivity contribution >= 4 is 10.1 Å². The van der Waals surface area contributed by atoms with Crippen molar-refractivity contribution in [2.24, 2.45) is 0 Å². The first-order valence-corrected chi connectivity index (χ1v) is 3.34. The Morgan fingerprint density at radius 1 is 1.67 bits per heavy atom. The predicted octanol–water partition coefficient (Wildman–Crippen LogP) is -0.621. The van der Waals surface area contributed by atoms with Crippen LogP contribution in [0.15, 0.2) is 0 Å². The standard InChI is InChI=1S/CH3O3S.Ni/c1-5(2,3)4;/h1H2,(H,2,3,4);. The average molecular weight is 154 g/mol. The molecule has 0 atom stereocenters. The van der Waals surface area contributed by atoms with Crippen LogP contribution >= 0.6 is 0 Å². The molecule has 0 aromatic carbocycles. The van der Waals surface area contributed by atoms with Crippen LogP contribution in [-0.2, 0) is 25.6 Å². The van der Waals surface area contributed by atoms with Crippen LogP contribution in [-0.4, -0.2) is 17.7 Å². The van der Waals surface area contributed by atoms with Gasteiger partial charge in [0, 0.05) is 0 Å². The van der Waals surface area contributed by atoms with Gasteiger partial charge in [-0.3, -0.25) is 0 Å². The van der Waals surface area contributed by atoms with E-state index in [9.17, 15) is 8.42 Å². The molecule has 0 spiro atoms. The summed E-state index contributed by atoms with van der Waals surface area (Å²) in [5, 5.41) is 0. The Kier molecular flexibility index (Phi) is 2.04. The molecule has 0 aliphatic carbocycles. The molecular weight excluding hydrogens is 151 g/mol. The molecule has 0 amide bonds. The van der Waals surface area contributed by atoms with Gasteiger partial charge in [0.2, 0.25) is 0 Å². The van der Waals surface area contributed by atoms with Gasteiger partial charge in [0.25, 0.3) is 0 Å². The third-order valence-corrected chi connectivity index (χ3v) is 1.43. The molecule has 0 rings (SSSR count). The monoisotopic (exact) mass is 153 g/mol. The first-order valence-electron chi connectivity index (χ1n) is 1.03. The van der Waals surface area contributed by atoms with Crippen LogP contribution in [0.25, 0.3) is 0 Å². The van der Waals surface area contributed by atoms with Gasteiger partial charge in [-0.25, -0.2) is 0 Å². The maximum absolute atomic E-state index is 9.46. The quantitative estimate of drug-likeness (QED) is 0.404. The summed E-state index contributed by atoms with van der Waals surface area (Å²) in [6.45, 7) is 0. The third kappa shape index (κ3) is 4.40. The van der Waals surface area contributed by atoms with E-state index in [2.05, 4.69) is 15.5 Å². The molecule has 5 heteroatoms. The summed E-state index contributed by atoms with van der Waals surface area (Å²) in [5.74, 6) is 0. The fourth-order valence-corrected chi connectivity index (χ4v) is 0. The van der Waals surface area contributed by atoms with Crippen LogP contribution in [0.2, 0.25) is 0 Å². The summed E-state index contributed by atoms with van der Waals surface area (Å²) < 4.78 is 26.1. The molecule has 0 aromatic rings. The topological polar surface area (TPSA) is 54.4 Å². The Balaban J connectivity index is 3.85. The molecule has 0 saturated heterocycles. The second kappa shape index (κ2) is 1.91. The summed E-state index contributed by atoms with van der Waals surface area (Å²) >= 11 is 3.69. The molecule has 1 N–H and O–H groups in total. The Hall–Kier alpha value is 0.404. The van der Waals surface area contributed by atoms with E-state index in [1.54, 1.807) is 0 Å². The van der Waals surface area contributed by atoms with Crippen LogP contribution in [0.3, 0.4) is 0 Å². The first kappa shape index (κ1) is 6.40. The van der Waals surface area contributed by atoms with E-state index in [1.807, 2.05) is 0 Å². The minimum atomic E-state index is -3.83. The van der Waals surface area contributed by atoms with Gasteiger partial charge in [-0.2, -0.15) is 0 Å². The van der Waals surface area contributed by atoms with Gasteiger partial charge >= 0.3 is 43.3 Å². The molecule has 0 aromatic heterocycles. The molecule has 0 heterocycles. The van der Waals surface area contributed by atoms with E-state index in [1.165, 1.54) is 0 Å². The summed E-state index contributed by atoms with van der Waals surface area (Å²) in [6, 6.07) is 0. The molecule has 3 nitrogen and oxygen atoms in total. The molecule has 6 heavy (non-hydrogen) atoms. The molecule has 0 saturated carbocycles. The van der Waals surface area contributed by atoms with Crippen molar-refractivity contribution in [1.29, 1.82) is 0 Å². The molecule has 0 aliphatic rings. The van der Waals surface area contributed by atoms with Gasteiger partial charge in [-0.15, -0.1) is 0 Å². The van der Waals surface area contributed by atoms with E-state index >= 15 is 0 Å². The van der Waals surface area contributed by atoms with E-state index in [-0.39, 0.29) is 0 Å². The predicted molar refractivity (Wildman–Crippen MR) is 16.4 cm³/mol. The van der Waals surface area contributed by atoms with E-state index < -0.39 is 14.8 Å². The zero-order chi connectivity index (χ0) is 5.21. The van der Waals surface area contributed by atoms with E-state index in [0.29, 0.717) is 0 Å². The average Bonchev–Trinajstić information content (AvgIpc) is 1.35. The van der Waals surface area contributed by atoms with Crippen molar-refractivity contribution in [3.8, 4) is 0 Å². The van der Waals surface area contributed by atoms with Crippen molar-refractivity contribution in [3.05, 3.63) is 0 Å². The minimum absolute atomic E-state index is 0.576. The van der Waals surface area contributed by atoms with Crippen LogP contribution in [0.1, 0.15) is 0 Å².